The van der Waals surface area contributed by atoms with E-state index in [2.05, 4.69) is 5.10 Å². The summed E-state index contributed by atoms with van der Waals surface area (Å²) in [6.07, 6.45) is -4.45. The van der Waals surface area contributed by atoms with Gasteiger partial charge in [-0.05, 0) is 31.9 Å². The van der Waals surface area contributed by atoms with Gasteiger partial charge in [-0.15, -0.1) is 0 Å². The second kappa shape index (κ2) is 6.42. The molecule has 8 heteroatoms. The summed E-state index contributed by atoms with van der Waals surface area (Å²) in [5.74, 6) is -1.82. The zero-order chi connectivity index (χ0) is 18.2. The molecule has 0 bridgehead atoms. The number of halogens is 3. The zero-order valence-corrected chi connectivity index (χ0v) is 13.6. The van der Waals surface area contributed by atoms with E-state index in [-0.39, 0.29) is 31.6 Å². The molecule has 0 radical (unpaired) electrons. The fraction of sp³-hybridized carbons (Fsp3) is 0.412. The number of aromatic amines is 1. The van der Waals surface area contributed by atoms with Gasteiger partial charge in [-0.3, -0.25) is 14.7 Å². The summed E-state index contributed by atoms with van der Waals surface area (Å²) in [6, 6.07) is 8.35. The Morgan fingerprint density at radius 3 is 2.32 bits per heavy atom. The van der Waals surface area contributed by atoms with E-state index in [0.717, 1.165) is 5.56 Å². The SMILES string of the molecule is Cc1ccc(-n2[nH]c(C(=O)N3CCC(C(F)(F)F)CC3)cc2=O)cc1. The molecule has 1 saturated heterocycles. The molecule has 0 spiro atoms. The van der Waals surface area contributed by atoms with E-state index in [1.165, 1.54) is 15.6 Å². The number of carbonyl (C=O) groups is 1. The number of aromatic nitrogens is 2. The Morgan fingerprint density at radius 1 is 1.16 bits per heavy atom. The average molecular weight is 353 g/mol. The fourth-order valence-corrected chi connectivity index (χ4v) is 2.97. The summed E-state index contributed by atoms with van der Waals surface area (Å²) in [7, 11) is 0. The van der Waals surface area contributed by atoms with Crippen molar-refractivity contribution in [2.75, 3.05) is 13.1 Å². The van der Waals surface area contributed by atoms with E-state index in [1.807, 2.05) is 19.1 Å². The van der Waals surface area contributed by atoms with Crippen LogP contribution in [0.4, 0.5) is 13.2 Å². The van der Waals surface area contributed by atoms with Gasteiger partial charge in [0.25, 0.3) is 11.5 Å². The number of hydrogen-bond donors (Lipinski definition) is 1. The van der Waals surface area contributed by atoms with E-state index >= 15 is 0 Å². The molecular weight excluding hydrogens is 335 g/mol. The minimum Gasteiger partial charge on any atom is -0.337 e. The summed E-state index contributed by atoms with van der Waals surface area (Å²) in [4.78, 5) is 25.9. The number of hydrogen-bond acceptors (Lipinski definition) is 2. The van der Waals surface area contributed by atoms with Crippen LogP contribution in [0.15, 0.2) is 35.1 Å². The number of amides is 1. The lowest BCUT2D eigenvalue weighted by Crippen LogP contribution is -2.42. The Labute approximate surface area is 142 Å². The van der Waals surface area contributed by atoms with Crippen LogP contribution in [0.2, 0.25) is 0 Å². The summed E-state index contributed by atoms with van der Waals surface area (Å²) in [6.45, 7) is 1.97. The highest BCUT2D eigenvalue weighted by molar-refractivity contribution is 5.92. The Morgan fingerprint density at radius 2 is 1.76 bits per heavy atom. The third-order valence-electron chi connectivity index (χ3n) is 4.49. The third-order valence-corrected chi connectivity index (χ3v) is 4.49. The molecule has 134 valence electrons. The smallest absolute Gasteiger partial charge is 0.337 e. The highest BCUT2D eigenvalue weighted by atomic mass is 19.4. The number of alkyl halides is 3. The molecule has 1 N–H and O–H groups in total. The first kappa shape index (κ1) is 17.3. The number of aryl methyl sites for hydroxylation is 1. The molecule has 0 atom stereocenters. The lowest BCUT2D eigenvalue weighted by Gasteiger charge is -2.32. The van der Waals surface area contributed by atoms with Gasteiger partial charge in [0.2, 0.25) is 0 Å². The van der Waals surface area contributed by atoms with Crippen LogP contribution in [0.25, 0.3) is 5.69 Å². The second-order valence-corrected chi connectivity index (χ2v) is 6.29. The maximum absolute atomic E-state index is 12.7. The van der Waals surface area contributed by atoms with Crippen LogP contribution < -0.4 is 5.56 Å². The van der Waals surface area contributed by atoms with Crippen molar-refractivity contribution in [3.63, 3.8) is 0 Å². The van der Waals surface area contributed by atoms with Gasteiger partial charge in [-0.2, -0.15) is 13.2 Å². The molecule has 25 heavy (non-hydrogen) atoms. The first-order chi connectivity index (χ1) is 11.8. The predicted molar refractivity (Wildman–Crippen MR) is 85.8 cm³/mol. The van der Waals surface area contributed by atoms with E-state index in [4.69, 9.17) is 0 Å². The quantitative estimate of drug-likeness (QED) is 0.903. The first-order valence-electron chi connectivity index (χ1n) is 8.01. The topological polar surface area (TPSA) is 58.1 Å². The lowest BCUT2D eigenvalue weighted by molar-refractivity contribution is -0.183. The molecule has 1 aromatic heterocycles. The van der Waals surface area contributed by atoms with Crippen LogP contribution in [-0.4, -0.2) is 39.9 Å². The number of likely N-dealkylation sites (tertiary alicyclic amines) is 1. The van der Waals surface area contributed by atoms with Crippen molar-refractivity contribution < 1.29 is 18.0 Å². The van der Waals surface area contributed by atoms with Gasteiger partial charge < -0.3 is 4.90 Å². The number of nitrogens with one attached hydrogen (secondary N) is 1. The largest absolute Gasteiger partial charge is 0.391 e. The van der Waals surface area contributed by atoms with E-state index in [0.29, 0.717) is 5.69 Å². The molecule has 1 aliphatic heterocycles. The van der Waals surface area contributed by atoms with Crippen molar-refractivity contribution in [2.24, 2.45) is 5.92 Å². The summed E-state index contributed by atoms with van der Waals surface area (Å²) in [5.41, 5.74) is 1.31. The van der Waals surface area contributed by atoms with Crippen LogP contribution in [0.5, 0.6) is 0 Å². The summed E-state index contributed by atoms with van der Waals surface area (Å²) < 4.78 is 39.4. The number of rotatable bonds is 2. The normalized spacial score (nSPS) is 16.2. The molecule has 1 amide bonds. The fourth-order valence-electron chi connectivity index (χ4n) is 2.97. The number of piperidine rings is 1. The van der Waals surface area contributed by atoms with Gasteiger partial charge in [0, 0.05) is 19.2 Å². The third kappa shape index (κ3) is 3.62. The summed E-state index contributed by atoms with van der Waals surface area (Å²) in [5, 5.41) is 2.75. The first-order valence-corrected chi connectivity index (χ1v) is 8.01. The molecule has 2 heterocycles. The van der Waals surface area contributed by atoms with Crippen LogP contribution in [0.1, 0.15) is 28.9 Å². The molecule has 5 nitrogen and oxygen atoms in total. The number of benzene rings is 1. The molecule has 0 saturated carbocycles. The van der Waals surface area contributed by atoms with Crippen molar-refractivity contribution in [2.45, 2.75) is 25.9 Å². The summed E-state index contributed by atoms with van der Waals surface area (Å²) >= 11 is 0. The minimum atomic E-state index is -4.22. The molecular formula is C17H18F3N3O2. The van der Waals surface area contributed by atoms with Crippen LogP contribution in [0.3, 0.4) is 0 Å². The molecule has 0 aliphatic carbocycles. The van der Waals surface area contributed by atoms with Crippen LogP contribution in [-0.2, 0) is 0 Å². The molecule has 2 aromatic rings. The maximum Gasteiger partial charge on any atom is 0.391 e. The Balaban J connectivity index is 1.75. The molecule has 1 aliphatic rings. The molecule has 3 rings (SSSR count). The average Bonchev–Trinajstić information content (AvgIpc) is 2.96. The minimum absolute atomic E-state index is 0.0285. The van der Waals surface area contributed by atoms with Crippen molar-refractivity contribution >= 4 is 5.91 Å². The number of H-pyrrole nitrogens is 1. The Hall–Kier alpha value is -2.51. The Bertz CT molecular complexity index is 813. The second-order valence-electron chi connectivity index (χ2n) is 6.29. The lowest BCUT2D eigenvalue weighted by atomic mass is 9.96. The van der Waals surface area contributed by atoms with Crippen LogP contribution >= 0.6 is 0 Å². The van der Waals surface area contributed by atoms with Gasteiger partial charge in [-0.25, -0.2) is 4.68 Å². The highest BCUT2D eigenvalue weighted by Crippen LogP contribution is 2.34. The van der Waals surface area contributed by atoms with Gasteiger partial charge in [0.15, 0.2) is 0 Å². The molecule has 0 unspecified atom stereocenters. The van der Waals surface area contributed by atoms with Crippen molar-refractivity contribution in [1.82, 2.24) is 14.7 Å². The Kier molecular flexibility index (Phi) is 4.45. The molecule has 1 aromatic carbocycles. The van der Waals surface area contributed by atoms with E-state index in [9.17, 15) is 22.8 Å². The maximum atomic E-state index is 12.7. The zero-order valence-electron chi connectivity index (χ0n) is 13.6. The monoisotopic (exact) mass is 353 g/mol. The van der Waals surface area contributed by atoms with E-state index in [1.54, 1.807) is 12.1 Å². The standard InChI is InChI=1S/C17H18F3N3O2/c1-11-2-4-13(5-3-11)23-15(24)10-14(21-23)16(25)22-8-6-12(7-9-22)17(18,19)20/h2-5,10,12,21H,6-9H2,1H3. The van der Waals surface area contributed by atoms with Gasteiger partial charge >= 0.3 is 6.18 Å². The predicted octanol–water partition coefficient (Wildman–Crippen LogP) is 2.89. The van der Waals surface area contributed by atoms with Crippen molar-refractivity contribution in [1.29, 1.82) is 0 Å². The number of nitrogens with zero attached hydrogens (tertiary/aromatic N) is 2. The van der Waals surface area contributed by atoms with Crippen molar-refractivity contribution in [3.8, 4) is 5.69 Å². The number of carbonyl (C=O) groups excluding carboxylic acids is 1. The van der Waals surface area contributed by atoms with Gasteiger partial charge in [0.1, 0.15) is 5.69 Å². The van der Waals surface area contributed by atoms with Gasteiger partial charge in [0.05, 0.1) is 11.6 Å². The van der Waals surface area contributed by atoms with Crippen molar-refractivity contribution in [3.05, 3.63) is 51.9 Å². The highest BCUT2D eigenvalue weighted by Gasteiger charge is 2.41. The van der Waals surface area contributed by atoms with Crippen LogP contribution in [0, 0.1) is 12.8 Å². The van der Waals surface area contributed by atoms with Gasteiger partial charge in [-0.1, -0.05) is 17.7 Å². The van der Waals surface area contributed by atoms with E-state index < -0.39 is 23.6 Å². The molecule has 1 fully saturated rings.